The number of nitrogens with two attached hydrogens (primary N) is 1. The first-order valence-corrected chi connectivity index (χ1v) is 5.19. The molecule has 0 radical (unpaired) electrons. The van der Waals surface area contributed by atoms with Crippen molar-refractivity contribution in [1.82, 2.24) is 0 Å². The molecule has 0 fully saturated rings. The highest BCUT2D eigenvalue weighted by Gasteiger charge is 2.15. The lowest BCUT2D eigenvalue weighted by Crippen LogP contribution is -2.20. The van der Waals surface area contributed by atoms with Gasteiger partial charge < -0.3 is 15.2 Å². The first-order chi connectivity index (χ1) is 8.58. The Morgan fingerprint density at radius 3 is 2.89 bits per heavy atom. The largest absolute Gasteiger partial charge is 0.493 e. The van der Waals surface area contributed by atoms with Gasteiger partial charge in [0.15, 0.2) is 5.75 Å². The van der Waals surface area contributed by atoms with E-state index in [1.54, 1.807) is 6.07 Å². The Morgan fingerprint density at radius 1 is 1.61 bits per heavy atom. The minimum absolute atomic E-state index is 0.167. The SMILES string of the molecule is COc1ccc(OCCC(N)C#N)cc1[N+](=O)[O-]. The number of nitro groups is 1. The van der Waals surface area contributed by atoms with Crippen LogP contribution >= 0.6 is 0 Å². The van der Waals surface area contributed by atoms with Crippen molar-refractivity contribution in [2.75, 3.05) is 13.7 Å². The molecule has 0 saturated heterocycles. The van der Waals surface area contributed by atoms with E-state index in [4.69, 9.17) is 20.5 Å². The third-order valence-electron chi connectivity index (χ3n) is 2.21. The number of nitrogens with zero attached hydrogens (tertiary/aromatic N) is 2. The molecule has 0 aliphatic rings. The maximum absolute atomic E-state index is 10.8. The van der Waals surface area contributed by atoms with Gasteiger partial charge in [0.05, 0.1) is 36.8 Å². The van der Waals surface area contributed by atoms with Gasteiger partial charge in [0.25, 0.3) is 0 Å². The highest BCUT2D eigenvalue weighted by molar-refractivity contribution is 5.50. The summed E-state index contributed by atoms with van der Waals surface area (Å²) in [5.74, 6) is 0.508. The fourth-order valence-electron chi connectivity index (χ4n) is 1.27. The minimum atomic E-state index is -0.599. The quantitative estimate of drug-likeness (QED) is 0.601. The standard InChI is InChI=1S/C11H13N3O4/c1-17-11-3-2-9(6-10(11)14(15)16)18-5-4-8(13)7-12/h2-3,6,8H,4-5,13H2,1H3. The van der Waals surface area contributed by atoms with E-state index in [-0.39, 0.29) is 18.0 Å². The van der Waals surface area contributed by atoms with Crippen molar-refractivity contribution in [3.8, 4) is 17.6 Å². The highest BCUT2D eigenvalue weighted by Crippen LogP contribution is 2.30. The Morgan fingerprint density at radius 2 is 2.33 bits per heavy atom. The normalized spacial score (nSPS) is 11.4. The molecule has 0 aliphatic heterocycles. The molecule has 0 heterocycles. The number of nitriles is 1. The maximum Gasteiger partial charge on any atom is 0.314 e. The van der Waals surface area contributed by atoms with Gasteiger partial charge in [-0.1, -0.05) is 0 Å². The van der Waals surface area contributed by atoms with Crippen molar-refractivity contribution in [2.45, 2.75) is 12.5 Å². The second kappa shape index (κ2) is 6.42. The molecule has 1 atom stereocenters. The summed E-state index contributed by atoms with van der Waals surface area (Å²) in [5, 5.41) is 19.2. The van der Waals surface area contributed by atoms with Gasteiger partial charge in [0.1, 0.15) is 5.75 Å². The molecule has 2 N–H and O–H groups in total. The third kappa shape index (κ3) is 3.61. The smallest absolute Gasteiger partial charge is 0.314 e. The van der Waals surface area contributed by atoms with Crippen molar-refractivity contribution in [2.24, 2.45) is 5.73 Å². The number of ether oxygens (including phenoxy) is 2. The van der Waals surface area contributed by atoms with Crippen LogP contribution in [-0.2, 0) is 0 Å². The Balaban J connectivity index is 2.71. The summed E-state index contributed by atoms with van der Waals surface area (Å²) in [6.45, 7) is 0.220. The predicted octanol–water partition coefficient (Wildman–Crippen LogP) is 1.22. The van der Waals surface area contributed by atoms with Crippen LogP contribution in [0.3, 0.4) is 0 Å². The fourth-order valence-corrected chi connectivity index (χ4v) is 1.27. The van der Waals surface area contributed by atoms with Crippen molar-refractivity contribution in [3.05, 3.63) is 28.3 Å². The molecule has 0 spiro atoms. The number of methoxy groups -OCH3 is 1. The molecule has 1 aromatic carbocycles. The molecule has 0 aromatic heterocycles. The van der Waals surface area contributed by atoms with Gasteiger partial charge in [-0.05, 0) is 12.1 Å². The summed E-state index contributed by atoms with van der Waals surface area (Å²) in [6.07, 6.45) is 0.357. The fraction of sp³-hybridized carbons (Fsp3) is 0.364. The van der Waals surface area contributed by atoms with Gasteiger partial charge in [0.2, 0.25) is 0 Å². The molecular formula is C11H13N3O4. The number of nitro benzene ring substituents is 1. The van der Waals surface area contributed by atoms with Crippen LogP contribution in [0.4, 0.5) is 5.69 Å². The summed E-state index contributed by atoms with van der Waals surface area (Å²) >= 11 is 0. The van der Waals surface area contributed by atoms with Crippen LogP contribution in [0.1, 0.15) is 6.42 Å². The van der Waals surface area contributed by atoms with Crippen molar-refractivity contribution >= 4 is 5.69 Å². The van der Waals surface area contributed by atoms with E-state index in [2.05, 4.69) is 0 Å². The molecule has 1 rings (SSSR count). The van der Waals surface area contributed by atoms with Crippen LogP contribution in [0, 0.1) is 21.4 Å². The third-order valence-corrected chi connectivity index (χ3v) is 2.21. The molecule has 0 bridgehead atoms. The molecule has 1 aromatic rings. The first kappa shape index (κ1) is 13.7. The van der Waals surface area contributed by atoms with Gasteiger partial charge in [-0.25, -0.2) is 0 Å². The molecule has 0 amide bonds. The van der Waals surface area contributed by atoms with Crippen molar-refractivity contribution in [3.63, 3.8) is 0 Å². The summed E-state index contributed by atoms with van der Waals surface area (Å²) in [6, 6.07) is 5.56. The molecule has 1 unspecified atom stereocenters. The number of hydrogen-bond donors (Lipinski definition) is 1. The topological polar surface area (TPSA) is 111 Å². The molecule has 7 nitrogen and oxygen atoms in total. The molecule has 96 valence electrons. The van der Waals surface area contributed by atoms with E-state index in [0.717, 1.165) is 0 Å². The molecule has 0 saturated carbocycles. The minimum Gasteiger partial charge on any atom is -0.493 e. The van der Waals surface area contributed by atoms with Crippen LogP contribution in [-0.4, -0.2) is 24.7 Å². The van der Waals surface area contributed by atoms with Gasteiger partial charge in [-0.15, -0.1) is 0 Å². The average molecular weight is 251 g/mol. The van der Waals surface area contributed by atoms with E-state index in [9.17, 15) is 10.1 Å². The number of hydrogen-bond acceptors (Lipinski definition) is 6. The second-order valence-corrected chi connectivity index (χ2v) is 3.46. The Hall–Kier alpha value is -2.33. The number of rotatable bonds is 6. The Bertz CT molecular complexity index is 470. The van der Waals surface area contributed by atoms with Crippen LogP contribution in [0.2, 0.25) is 0 Å². The summed E-state index contributed by atoms with van der Waals surface area (Å²) < 4.78 is 10.1. The summed E-state index contributed by atoms with van der Waals surface area (Å²) in [4.78, 5) is 10.2. The second-order valence-electron chi connectivity index (χ2n) is 3.46. The van der Waals surface area contributed by atoms with E-state index in [1.165, 1.54) is 19.2 Å². The Labute approximate surface area is 104 Å². The average Bonchev–Trinajstić information content (AvgIpc) is 2.38. The van der Waals surface area contributed by atoms with E-state index in [1.807, 2.05) is 6.07 Å². The van der Waals surface area contributed by atoms with Gasteiger partial charge >= 0.3 is 5.69 Å². The summed E-state index contributed by atoms with van der Waals surface area (Å²) in [7, 11) is 1.36. The lowest BCUT2D eigenvalue weighted by atomic mass is 10.2. The van der Waals surface area contributed by atoms with Crippen LogP contribution in [0.25, 0.3) is 0 Å². The molecule has 18 heavy (non-hydrogen) atoms. The van der Waals surface area contributed by atoms with Crippen molar-refractivity contribution < 1.29 is 14.4 Å². The number of benzene rings is 1. The Kier molecular flexibility index (Phi) is 4.90. The molecular weight excluding hydrogens is 238 g/mol. The zero-order valence-corrected chi connectivity index (χ0v) is 9.83. The monoisotopic (exact) mass is 251 g/mol. The lowest BCUT2D eigenvalue weighted by Gasteiger charge is -2.08. The van der Waals surface area contributed by atoms with Crippen molar-refractivity contribution in [1.29, 1.82) is 5.26 Å². The van der Waals surface area contributed by atoms with Crippen LogP contribution in [0.15, 0.2) is 18.2 Å². The van der Waals surface area contributed by atoms with E-state index < -0.39 is 11.0 Å². The highest BCUT2D eigenvalue weighted by atomic mass is 16.6. The van der Waals surface area contributed by atoms with Crippen LogP contribution in [0.5, 0.6) is 11.5 Å². The first-order valence-electron chi connectivity index (χ1n) is 5.19. The van der Waals surface area contributed by atoms with E-state index >= 15 is 0 Å². The van der Waals surface area contributed by atoms with Gasteiger partial charge in [0, 0.05) is 6.42 Å². The predicted molar refractivity (Wildman–Crippen MR) is 63.3 cm³/mol. The van der Waals surface area contributed by atoms with Gasteiger partial charge in [-0.3, -0.25) is 10.1 Å². The summed E-state index contributed by atoms with van der Waals surface area (Å²) in [5.41, 5.74) is 5.22. The lowest BCUT2D eigenvalue weighted by molar-refractivity contribution is -0.385. The molecule has 0 aliphatic carbocycles. The molecule has 7 heteroatoms. The van der Waals surface area contributed by atoms with E-state index in [0.29, 0.717) is 12.2 Å². The zero-order valence-electron chi connectivity index (χ0n) is 9.83. The maximum atomic E-state index is 10.8. The zero-order chi connectivity index (χ0) is 13.5. The van der Waals surface area contributed by atoms with Crippen LogP contribution < -0.4 is 15.2 Å². The van der Waals surface area contributed by atoms with Gasteiger partial charge in [-0.2, -0.15) is 5.26 Å².